The van der Waals surface area contributed by atoms with E-state index in [-0.39, 0.29) is 29.8 Å². The number of hydrogen-bond acceptors (Lipinski definition) is 4. The van der Waals surface area contributed by atoms with E-state index < -0.39 is 17.4 Å². The quantitative estimate of drug-likeness (QED) is 0.524. The highest BCUT2D eigenvalue weighted by atomic mass is 16.2. The maximum Gasteiger partial charge on any atom is 0.250 e. The lowest BCUT2D eigenvalue weighted by Gasteiger charge is -2.32. The number of aryl methyl sites for hydroxylation is 1. The summed E-state index contributed by atoms with van der Waals surface area (Å²) in [6.45, 7) is 4.02. The van der Waals surface area contributed by atoms with Crippen LogP contribution in [-0.2, 0) is 26.3 Å². The predicted octanol–water partition coefficient (Wildman–Crippen LogP) is 3.99. The lowest BCUT2D eigenvalue weighted by Crippen LogP contribution is -2.54. The number of nitrogens with one attached hydrogen (secondary N) is 2. The van der Waals surface area contributed by atoms with Gasteiger partial charge in [-0.05, 0) is 49.8 Å². The summed E-state index contributed by atoms with van der Waals surface area (Å²) in [6, 6.07) is 13.7. The van der Waals surface area contributed by atoms with Gasteiger partial charge in [0.05, 0.1) is 11.8 Å². The molecule has 3 amide bonds. The van der Waals surface area contributed by atoms with Crippen LogP contribution in [0, 0.1) is 25.7 Å². The van der Waals surface area contributed by atoms with Crippen molar-refractivity contribution in [2.24, 2.45) is 11.8 Å². The van der Waals surface area contributed by atoms with E-state index in [1.54, 1.807) is 4.90 Å². The Balaban J connectivity index is 1.47. The van der Waals surface area contributed by atoms with Crippen molar-refractivity contribution in [2.45, 2.75) is 76.4 Å². The minimum Gasteiger partial charge on any atom is -0.324 e. The van der Waals surface area contributed by atoms with Crippen molar-refractivity contribution in [2.75, 3.05) is 5.32 Å². The fourth-order valence-electron chi connectivity index (χ4n) is 7.06. The number of imide groups is 1. The second-order valence-corrected chi connectivity index (χ2v) is 10.8. The van der Waals surface area contributed by atoms with Gasteiger partial charge in [-0.2, -0.15) is 0 Å². The third-order valence-corrected chi connectivity index (χ3v) is 8.94. The molecule has 3 aliphatic heterocycles. The SMILES string of the molecule is Cc1ccc2c(c1C)NC(=O)C21NC(Cc2ccccc2)C2C(=O)N(C3CCCCCC3)C(=O)C21. The second-order valence-electron chi connectivity index (χ2n) is 10.8. The molecule has 1 aliphatic carbocycles. The zero-order valence-electron chi connectivity index (χ0n) is 20.5. The standard InChI is InChI=1S/C29H33N3O3/c1-17-14-15-21-25(18(17)2)30-28(35)29(21)24-23(22(31-29)16-19-10-6-5-7-11-19)26(33)32(27(24)34)20-12-8-3-4-9-13-20/h5-7,10-11,14-15,20,22-24,31H,3-4,8-9,12-13,16H2,1-2H3,(H,30,35). The van der Waals surface area contributed by atoms with E-state index in [0.29, 0.717) is 6.42 Å². The molecular formula is C29H33N3O3. The largest absolute Gasteiger partial charge is 0.324 e. The van der Waals surface area contributed by atoms with Gasteiger partial charge in [0, 0.05) is 23.3 Å². The van der Waals surface area contributed by atoms with E-state index in [1.807, 2.05) is 56.3 Å². The average molecular weight is 472 g/mol. The topological polar surface area (TPSA) is 78.5 Å². The number of benzene rings is 2. The smallest absolute Gasteiger partial charge is 0.250 e. The van der Waals surface area contributed by atoms with Crippen molar-refractivity contribution in [3.63, 3.8) is 0 Å². The second kappa shape index (κ2) is 8.30. The molecule has 1 spiro atoms. The van der Waals surface area contributed by atoms with Crippen molar-refractivity contribution in [3.05, 3.63) is 64.7 Å². The minimum absolute atomic E-state index is 0.0544. The van der Waals surface area contributed by atoms with E-state index in [0.717, 1.165) is 66.5 Å². The van der Waals surface area contributed by atoms with Gasteiger partial charge in [0.2, 0.25) is 17.7 Å². The van der Waals surface area contributed by atoms with Crippen molar-refractivity contribution in [1.29, 1.82) is 0 Å². The predicted molar refractivity (Wildman–Crippen MR) is 134 cm³/mol. The normalized spacial score (nSPS) is 30.5. The minimum atomic E-state index is -1.22. The Morgan fingerprint density at radius 1 is 0.914 bits per heavy atom. The van der Waals surface area contributed by atoms with E-state index >= 15 is 0 Å². The number of anilines is 1. The first-order chi connectivity index (χ1) is 16.9. The summed E-state index contributed by atoms with van der Waals surface area (Å²) in [5.74, 6) is -1.76. The van der Waals surface area contributed by atoms with Gasteiger partial charge >= 0.3 is 0 Å². The van der Waals surface area contributed by atoms with Gasteiger partial charge in [0.15, 0.2) is 0 Å². The highest BCUT2D eigenvalue weighted by molar-refractivity contribution is 6.15. The molecule has 3 fully saturated rings. The Morgan fingerprint density at radius 3 is 2.34 bits per heavy atom. The maximum absolute atomic E-state index is 14.2. The van der Waals surface area contributed by atoms with Crippen LogP contribution in [0.1, 0.15) is 60.8 Å². The summed E-state index contributed by atoms with van der Waals surface area (Å²) in [5.41, 5.74) is 3.56. The van der Waals surface area contributed by atoms with Crippen molar-refractivity contribution < 1.29 is 14.4 Å². The van der Waals surface area contributed by atoms with Crippen LogP contribution in [0.2, 0.25) is 0 Å². The third kappa shape index (κ3) is 3.22. The molecule has 2 saturated heterocycles. The third-order valence-electron chi connectivity index (χ3n) is 8.94. The number of amides is 3. The van der Waals surface area contributed by atoms with Gasteiger partial charge in [-0.1, -0.05) is 68.1 Å². The van der Waals surface area contributed by atoms with E-state index in [4.69, 9.17) is 0 Å². The Labute approximate surface area is 206 Å². The number of hydrogen-bond donors (Lipinski definition) is 2. The first kappa shape index (κ1) is 22.5. The summed E-state index contributed by atoms with van der Waals surface area (Å²) in [7, 11) is 0. The molecule has 6 rings (SSSR count). The molecule has 0 aromatic heterocycles. The lowest BCUT2D eigenvalue weighted by molar-refractivity contribution is -0.145. The summed E-state index contributed by atoms with van der Waals surface area (Å²) >= 11 is 0. The highest BCUT2D eigenvalue weighted by Gasteiger charge is 2.70. The molecule has 0 bridgehead atoms. The molecule has 0 radical (unpaired) electrons. The van der Waals surface area contributed by atoms with Crippen LogP contribution >= 0.6 is 0 Å². The first-order valence-corrected chi connectivity index (χ1v) is 13.0. The molecular weight excluding hydrogens is 438 g/mol. The summed E-state index contributed by atoms with van der Waals surface area (Å²) in [6.07, 6.45) is 6.69. The first-order valence-electron chi connectivity index (χ1n) is 13.0. The number of carbonyl (C=O) groups is 3. The molecule has 2 aromatic carbocycles. The van der Waals surface area contributed by atoms with Crippen molar-refractivity contribution in [3.8, 4) is 0 Å². The van der Waals surface area contributed by atoms with Gasteiger partial charge in [-0.3, -0.25) is 24.6 Å². The zero-order chi connectivity index (χ0) is 24.3. The Bertz CT molecular complexity index is 1200. The number of nitrogens with zero attached hydrogens (tertiary/aromatic N) is 1. The van der Waals surface area contributed by atoms with Crippen LogP contribution in [0.25, 0.3) is 0 Å². The van der Waals surface area contributed by atoms with Crippen molar-refractivity contribution in [1.82, 2.24) is 10.2 Å². The summed E-state index contributed by atoms with van der Waals surface area (Å²) in [5, 5.41) is 6.68. The summed E-state index contributed by atoms with van der Waals surface area (Å²) in [4.78, 5) is 43.6. The molecule has 2 N–H and O–H groups in total. The Hall–Kier alpha value is -2.99. The van der Waals surface area contributed by atoms with Gasteiger partial charge < -0.3 is 5.32 Å². The monoisotopic (exact) mass is 471 g/mol. The summed E-state index contributed by atoms with van der Waals surface area (Å²) < 4.78 is 0. The number of rotatable bonds is 3. The van der Waals surface area contributed by atoms with Crippen LogP contribution in [0.4, 0.5) is 5.69 Å². The molecule has 6 heteroatoms. The van der Waals surface area contributed by atoms with Crippen LogP contribution in [0.3, 0.4) is 0 Å². The molecule has 1 saturated carbocycles. The molecule has 35 heavy (non-hydrogen) atoms. The molecule has 182 valence electrons. The molecule has 6 nitrogen and oxygen atoms in total. The van der Waals surface area contributed by atoms with Gasteiger partial charge in [-0.25, -0.2) is 0 Å². The number of likely N-dealkylation sites (tertiary alicyclic amines) is 1. The van der Waals surface area contributed by atoms with E-state index in [2.05, 4.69) is 10.6 Å². The average Bonchev–Trinajstić information content (AvgIpc) is 3.31. The van der Waals surface area contributed by atoms with Crippen molar-refractivity contribution >= 4 is 23.4 Å². The highest BCUT2D eigenvalue weighted by Crippen LogP contribution is 2.54. The molecule has 4 aliphatic rings. The zero-order valence-corrected chi connectivity index (χ0v) is 20.5. The molecule has 3 heterocycles. The van der Waals surface area contributed by atoms with Gasteiger partial charge in [0.1, 0.15) is 5.54 Å². The fourth-order valence-corrected chi connectivity index (χ4v) is 7.06. The molecule has 4 unspecified atom stereocenters. The maximum atomic E-state index is 14.2. The lowest BCUT2D eigenvalue weighted by atomic mass is 9.75. The fraction of sp³-hybridized carbons (Fsp3) is 0.483. The van der Waals surface area contributed by atoms with Gasteiger partial charge in [0.25, 0.3) is 0 Å². The Morgan fingerprint density at radius 2 is 1.63 bits per heavy atom. The molecule has 2 aromatic rings. The number of carbonyl (C=O) groups excluding carboxylic acids is 3. The van der Waals surface area contributed by atoms with E-state index in [1.165, 1.54) is 0 Å². The van der Waals surface area contributed by atoms with Crippen LogP contribution in [0.5, 0.6) is 0 Å². The van der Waals surface area contributed by atoms with Crippen LogP contribution < -0.4 is 10.6 Å². The Kier molecular flexibility index (Phi) is 5.33. The molecule has 4 atom stereocenters. The van der Waals surface area contributed by atoms with E-state index in [9.17, 15) is 14.4 Å². The van der Waals surface area contributed by atoms with Gasteiger partial charge in [-0.15, -0.1) is 0 Å². The van der Waals surface area contributed by atoms with Crippen LogP contribution in [-0.4, -0.2) is 34.7 Å². The number of fused-ring (bicyclic) bond motifs is 4. The van der Waals surface area contributed by atoms with Crippen LogP contribution in [0.15, 0.2) is 42.5 Å².